The molecule has 1 aromatic rings. The molecule has 100 valence electrons. The number of nitrogens with one attached hydrogen (secondary N) is 1. The fourth-order valence-corrected chi connectivity index (χ4v) is 2.44. The second-order valence-corrected chi connectivity index (χ2v) is 4.94. The van der Waals surface area contributed by atoms with E-state index in [0.717, 1.165) is 38.2 Å². The van der Waals surface area contributed by atoms with Crippen LogP contribution in [0.25, 0.3) is 0 Å². The van der Waals surface area contributed by atoms with Crippen molar-refractivity contribution in [3.05, 3.63) is 17.5 Å². The Kier molecular flexibility index (Phi) is 4.01. The molecule has 1 unspecified atom stereocenters. The first-order valence-corrected chi connectivity index (χ1v) is 6.65. The highest BCUT2D eigenvalue weighted by molar-refractivity contribution is 5.92. The van der Waals surface area contributed by atoms with E-state index in [4.69, 9.17) is 0 Å². The lowest BCUT2D eigenvalue weighted by Crippen LogP contribution is -2.48. The van der Waals surface area contributed by atoms with Crippen molar-refractivity contribution >= 4 is 5.91 Å². The van der Waals surface area contributed by atoms with E-state index in [0.29, 0.717) is 11.7 Å². The molecule has 1 saturated heterocycles. The Bertz CT molecular complexity index is 405. The Hall–Kier alpha value is -1.36. The van der Waals surface area contributed by atoms with E-state index in [-0.39, 0.29) is 5.91 Å². The van der Waals surface area contributed by atoms with Gasteiger partial charge in [0, 0.05) is 31.9 Å². The minimum Gasteiger partial charge on any atom is -0.336 e. The normalized spacial score (nSPS) is 20.2. The van der Waals surface area contributed by atoms with Crippen LogP contribution in [0.2, 0.25) is 0 Å². The quantitative estimate of drug-likeness (QED) is 0.868. The van der Waals surface area contributed by atoms with Crippen molar-refractivity contribution < 1.29 is 4.79 Å². The van der Waals surface area contributed by atoms with Crippen LogP contribution in [-0.2, 0) is 7.05 Å². The maximum absolute atomic E-state index is 12.3. The summed E-state index contributed by atoms with van der Waals surface area (Å²) in [5.74, 6) is 0.0568. The van der Waals surface area contributed by atoms with E-state index >= 15 is 0 Å². The van der Waals surface area contributed by atoms with E-state index < -0.39 is 0 Å². The number of likely N-dealkylation sites (tertiary alicyclic amines) is 1. The molecule has 0 spiro atoms. The Morgan fingerprint density at radius 2 is 2.39 bits per heavy atom. The number of nitrogens with zero attached hydrogens (tertiary/aromatic N) is 3. The average Bonchev–Trinajstić information content (AvgIpc) is 2.69. The molecular weight excluding hydrogens is 228 g/mol. The molecule has 5 heteroatoms. The third-order valence-electron chi connectivity index (χ3n) is 3.53. The third kappa shape index (κ3) is 2.72. The number of likely N-dealkylation sites (N-methyl/N-ethyl adjacent to an activating group) is 1. The number of piperidine rings is 1. The second kappa shape index (κ2) is 5.52. The van der Waals surface area contributed by atoms with Gasteiger partial charge in [-0.25, -0.2) is 0 Å². The minimum absolute atomic E-state index is 0.0568. The number of amides is 1. The summed E-state index contributed by atoms with van der Waals surface area (Å²) in [6.07, 6.45) is 2.22. The molecule has 1 amide bonds. The van der Waals surface area contributed by atoms with E-state index in [1.807, 2.05) is 24.9 Å². The molecule has 2 rings (SSSR count). The Morgan fingerprint density at radius 1 is 1.61 bits per heavy atom. The van der Waals surface area contributed by atoms with Gasteiger partial charge < -0.3 is 10.2 Å². The SMILES string of the molecule is CCNC1CCCN(C(=O)c2cc(C)n(C)n2)C1. The van der Waals surface area contributed by atoms with Gasteiger partial charge in [-0.2, -0.15) is 5.10 Å². The van der Waals surface area contributed by atoms with Crippen molar-refractivity contribution in [1.29, 1.82) is 0 Å². The molecule has 0 aliphatic carbocycles. The average molecular weight is 250 g/mol. The molecule has 1 N–H and O–H groups in total. The lowest BCUT2D eigenvalue weighted by atomic mass is 10.1. The van der Waals surface area contributed by atoms with Crippen molar-refractivity contribution in [3.8, 4) is 0 Å². The first-order valence-electron chi connectivity index (χ1n) is 6.65. The van der Waals surface area contributed by atoms with Crippen molar-refractivity contribution in [2.24, 2.45) is 7.05 Å². The summed E-state index contributed by atoms with van der Waals surface area (Å²) < 4.78 is 1.75. The smallest absolute Gasteiger partial charge is 0.274 e. The lowest BCUT2D eigenvalue weighted by molar-refractivity contribution is 0.0689. The number of aromatic nitrogens is 2. The second-order valence-electron chi connectivity index (χ2n) is 4.94. The molecule has 0 saturated carbocycles. The van der Waals surface area contributed by atoms with Crippen LogP contribution in [0.3, 0.4) is 0 Å². The molecule has 0 bridgehead atoms. The summed E-state index contributed by atoms with van der Waals surface area (Å²) in [5, 5.41) is 7.68. The lowest BCUT2D eigenvalue weighted by Gasteiger charge is -2.32. The molecule has 1 fully saturated rings. The zero-order valence-electron chi connectivity index (χ0n) is 11.4. The topological polar surface area (TPSA) is 50.2 Å². The van der Waals surface area contributed by atoms with Crippen molar-refractivity contribution in [2.75, 3.05) is 19.6 Å². The molecule has 18 heavy (non-hydrogen) atoms. The van der Waals surface area contributed by atoms with Crippen molar-refractivity contribution in [2.45, 2.75) is 32.7 Å². The van der Waals surface area contributed by atoms with Gasteiger partial charge in [0.15, 0.2) is 5.69 Å². The number of rotatable bonds is 3. The molecule has 5 nitrogen and oxygen atoms in total. The van der Waals surface area contributed by atoms with Crippen LogP contribution in [0.5, 0.6) is 0 Å². The van der Waals surface area contributed by atoms with E-state index in [9.17, 15) is 4.79 Å². The van der Waals surface area contributed by atoms with Gasteiger partial charge in [0.25, 0.3) is 5.91 Å². The minimum atomic E-state index is 0.0568. The largest absolute Gasteiger partial charge is 0.336 e. The molecule has 1 aliphatic rings. The Balaban J connectivity index is 2.04. The van der Waals surface area contributed by atoms with Gasteiger partial charge in [-0.05, 0) is 32.4 Å². The summed E-state index contributed by atoms with van der Waals surface area (Å²) in [4.78, 5) is 14.3. The van der Waals surface area contributed by atoms with Crippen molar-refractivity contribution in [3.63, 3.8) is 0 Å². The van der Waals surface area contributed by atoms with Gasteiger partial charge in [-0.15, -0.1) is 0 Å². The van der Waals surface area contributed by atoms with Crippen LogP contribution in [-0.4, -0.2) is 46.3 Å². The summed E-state index contributed by atoms with van der Waals surface area (Å²) in [5.41, 5.74) is 1.57. The Morgan fingerprint density at radius 3 is 3.00 bits per heavy atom. The van der Waals surface area contributed by atoms with Crippen LogP contribution in [0.1, 0.15) is 35.9 Å². The van der Waals surface area contributed by atoms with Gasteiger partial charge in [-0.1, -0.05) is 6.92 Å². The number of aryl methyl sites for hydroxylation is 2. The number of carbonyl (C=O) groups is 1. The van der Waals surface area contributed by atoms with Crippen LogP contribution in [0.4, 0.5) is 0 Å². The molecule has 1 aromatic heterocycles. The summed E-state index contributed by atoms with van der Waals surface area (Å²) in [6, 6.07) is 2.29. The number of carbonyl (C=O) groups excluding carboxylic acids is 1. The molecule has 1 atom stereocenters. The van der Waals surface area contributed by atoms with Crippen molar-refractivity contribution in [1.82, 2.24) is 20.0 Å². The van der Waals surface area contributed by atoms with Gasteiger partial charge in [-0.3, -0.25) is 9.48 Å². The maximum Gasteiger partial charge on any atom is 0.274 e. The molecule has 0 radical (unpaired) electrons. The van der Waals surface area contributed by atoms with Crippen LogP contribution in [0, 0.1) is 6.92 Å². The Labute approximate surface area is 108 Å². The number of hydrogen-bond acceptors (Lipinski definition) is 3. The summed E-state index contributed by atoms with van der Waals surface area (Å²) >= 11 is 0. The molecule has 2 heterocycles. The predicted molar refractivity (Wildman–Crippen MR) is 70.5 cm³/mol. The predicted octanol–water partition coefficient (Wildman–Crippen LogP) is 0.943. The molecule has 1 aliphatic heterocycles. The van der Waals surface area contributed by atoms with Gasteiger partial charge in [0.1, 0.15) is 0 Å². The molecular formula is C13H22N4O. The van der Waals surface area contributed by atoms with Gasteiger partial charge in [0.2, 0.25) is 0 Å². The maximum atomic E-state index is 12.3. The first kappa shape index (κ1) is 13.1. The van der Waals surface area contributed by atoms with Gasteiger partial charge >= 0.3 is 0 Å². The van der Waals surface area contributed by atoms with Crippen LogP contribution in [0.15, 0.2) is 6.07 Å². The highest BCUT2D eigenvalue weighted by Gasteiger charge is 2.25. The monoisotopic (exact) mass is 250 g/mol. The summed E-state index contributed by atoms with van der Waals surface area (Å²) in [6.45, 7) is 6.65. The highest BCUT2D eigenvalue weighted by Crippen LogP contribution is 2.13. The fourth-order valence-electron chi connectivity index (χ4n) is 2.44. The van der Waals surface area contributed by atoms with E-state index in [2.05, 4.69) is 17.3 Å². The zero-order chi connectivity index (χ0) is 13.1. The third-order valence-corrected chi connectivity index (χ3v) is 3.53. The van der Waals surface area contributed by atoms with Gasteiger partial charge in [0.05, 0.1) is 0 Å². The highest BCUT2D eigenvalue weighted by atomic mass is 16.2. The fraction of sp³-hybridized carbons (Fsp3) is 0.692. The number of hydrogen-bond donors (Lipinski definition) is 1. The molecule has 0 aromatic carbocycles. The van der Waals surface area contributed by atoms with Crippen LogP contribution < -0.4 is 5.32 Å². The first-order chi connectivity index (χ1) is 8.61. The van der Waals surface area contributed by atoms with E-state index in [1.165, 1.54) is 0 Å². The van der Waals surface area contributed by atoms with E-state index in [1.54, 1.807) is 4.68 Å². The summed E-state index contributed by atoms with van der Waals surface area (Å²) in [7, 11) is 1.86. The zero-order valence-corrected chi connectivity index (χ0v) is 11.4. The van der Waals surface area contributed by atoms with Crippen LogP contribution >= 0.6 is 0 Å². The standard InChI is InChI=1S/C13H22N4O/c1-4-14-11-6-5-7-17(9-11)13(18)12-8-10(2)16(3)15-12/h8,11,14H,4-7,9H2,1-3H3.